The van der Waals surface area contributed by atoms with Gasteiger partial charge in [0.2, 0.25) is 0 Å². The minimum absolute atomic E-state index is 0.0375. The number of hydrogen-bond donors (Lipinski definition) is 1. The number of carbonyl (C=O) groups is 1. The molecule has 2 heterocycles. The van der Waals surface area contributed by atoms with Gasteiger partial charge in [0.1, 0.15) is 5.58 Å². The molecule has 0 aliphatic carbocycles. The average molecular weight is 336 g/mol. The van der Waals surface area contributed by atoms with Crippen molar-refractivity contribution in [3.8, 4) is 0 Å². The van der Waals surface area contributed by atoms with Crippen molar-refractivity contribution in [2.45, 2.75) is 18.7 Å². The van der Waals surface area contributed by atoms with Crippen LogP contribution < -0.4 is 5.32 Å². The largest absolute Gasteiger partial charge is 0.451 e. The second kappa shape index (κ2) is 5.98. The minimum atomic E-state index is -3.28. The van der Waals surface area contributed by atoms with E-state index in [1.54, 1.807) is 23.1 Å². The topological polar surface area (TPSA) is 79.6 Å². The van der Waals surface area contributed by atoms with Crippen molar-refractivity contribution in [3.05, 3.63) is 35.6 Å². The van der Waals surface area contributed by atoms with Gasteiger partial charge in [-0.2, -0.15) is 0 Å². The summed E-state index contributed by atoms with van der Waals surface area (Å²) in [7, 11) is -3.28. The molecule has 1 aliphatic rings. The van der Waals surface area contributed by atoms with Crippen molar-refractivity contribution in [1.29, 1.82) is 0 Å². The number of rotatable bonds is 3. The summed E-state index contributed by atoms with van der Waals surface area (Å²) < 4.78 is 29.3. The predicted molar refractivity (Wildman–Crippen MR) is 88.1 cm³/mol. The lowest BCUT2D eigenvalue weighted by Crippen LogP contribution is -2.52. The van der Waals surface area contributed by atoms with Crippen LogP contribution in [0.5, 0.6) is 0 Å². The van der Waals surface area contributed by atoms with Gasteiger partial charge >= 0.3 is 0 Å². The van der Waals surface area contributed by atoms with Gasteiger partial charge in [0, 0.05) is 42.9 Å². The number of piperazine rings is 1. The van der Waals surface area contributed by atoms with Gasteiger partial charge in [0.05, 0.1) is 5.75 Å². The number of hydrogen-bond acceptors (Lipinski definition) is 5. The van der Waals surface area contributed by atoms with Crippen molar-refractivity contribution >= 4 is 26.7 Å². The molecular formula is C16H20N2O4S. The molecule has 0 radical (unpaired) electrons. The van der Waals surface area contributed by atoms with Crippen LogP contribution >= 0.6 is 0 Å². The normalized spacial score (nSPS) is 19.2. The van der Waals surface area contributed by atoms with E-state index in [1.807, 2.05) is 13.0 Å². The van der Waals surface area contributed by atoms with E-state index >= 15 is 0 Å². The number of para-hydroxylation sites is 1. The van der Waals surface area contributed by atoms with Crippen LogP contribution in [-0.2, 0) is 15.6 Å². The number of nitrogens with zero attached hydrogens (tertiary/aromatic N) is 1. The van der Waals surface area contributed by atoms with Crippen LogP contribution in [-0.4, -0.2) is 51.2 Å². The summed E-state index contributed by atoms with van der Waals surface area (Å²) in [5.74, 6) is -0.301. The molecule has 23 heavy (non-hydrogen) atoms. The number of amides is 1. The number of furan rings is 1. The molecule has 1 aliphatic heterocycles. The van der Waals surface area contributed by atoms with E-state index in [0.717, 1.165) is 12.8 Å². The van der Waals surface area contributed by atoms with Gasteiger partial charge < -0.3 is 14.6 Å². The lowest BCUT2D eigenvalue weighted by atomic mass is 10.1. The van der Waals surface area contributed by atoms with Crippen LogP contribution in [0, 0.1) is 0 Å². The predicted octanol–water partition coefficient (Wildman–Crippen LogP) is 1.41. The monoisotopic (exact) mass is 336 g/mol. The van der Waals surface area contributed by atoms with Crippen molar-refractivity contribution < 1.29 is 17.6 Å². The van der Waals surface area contributed by atoms with Gasteiger partial charge in [0.15, 0.2) is 15.6 Å². The maximum atomic E-state index is 12.9. The van der Waals surface area contributed by atoms with Crippen LogP contribution in [0.4, 0.5) is 0 Å². The van der Waals surface area contributed by atoms with Crippen LogP contribution in [0.2, 0.25) is 0 Å². The molecule has 124 valence electrons. The Kier molecular flexibility index (Phi) is 4.16. The zero-order valence-electron chi connectivity index (χ0n) is 13.2. The Morgan fingerprint density at radius 1 is 1.39 bits per heavy atom. The minimum Gasteiger partial charge on any atom is -0.451 e. The Morgan fingerprint density at radius 3 is 2.83 bits per heavy atom. The Morgan fingerprint density at radius 2 is 2.13 bits per heavy atom. The maximum Gasteiger partial charge on any atom is 0.290 e. The fourth-order valence-electron chi connectivity index (χ4n) is 2.95. The Balaban J connectivity index is 2.08. The van der Waals surface area contributed by atoms with Crippen LogP contribution in [0.15, 0.2) is 28.7 Å². The van der Waals surface area contributed by atoms with Gasteiger partial charge in [-0.05, 0) is 13.0 Å². The standard InChI is InChI=1S/C16H20N2O4S/c1-11-9-17-7-8-18(11)16(19)15-13(10-23(2,20)21)12-5-3-4-6-14(12)22-15/h3-6,11,17H,7-10H2,1-2H3/t11-/m1/s1. The summed E-state index contributed by atoms with van der Waals surface area (Å²) in [5, 5.41) is 3.91. The van der Waals surface area contributed by atoms with Crippen molar-refractivity contribution in [1.82, 2.24) is 10.2 Å². The average Bonchev–Trinajstić information content (AvgIpc) is 2.84. The first-order valence-corrected chi connectivity index (χ1v) is 9.62. The number of fused-ring (bicyclic) bond motifs is 1. The first-order valence-electron chi connectivity index (χ1n) is 7.56. The number of nitrogens with one attached hydrogen (secondary N) is 1. The highest BCUT2D eigenvalue weighted by molar-refractivity contribution is 7.89. The molecule has 2 aromatic rings. The second-order valence-corrected chi connectivity index (χ2v) is 8.17. The molecular weight excluding hydrogens is 316 g/mol. The highest BCUT2D eigenvalue weighted by Gasteiger charge is 2.30. The van der Waals surface area contributed by atoms with E-state index in [4.69, 9.17) is 4.42 Å². The summed E-state index contributed by atoms with van der Waals surface area (Å²) in [5.41, 5.74) is 0.996. The van der Waals surface area contributed by atoms with E-state index in [1.165, 1.54) is 0 Å². The Bertz CT molecular complexity index is 841. The molecule has 1 atom stereocenters. The quantitative estimate of drug-likeness (QED) is 0.917. The SMILES string of the molecule is C[C@@H]1CNCCN1C(=O)c1oc2ccccc2c1CS(C)(=O)=O. The molecule has 6 nitrogen and oxygen atoms in total. The zero-order valence-corrected chi connectivity index (χ0v) is 14.0. The van der Waals surface area contributed by atoms with Crippen LogP contribution in [0.25, 0.3) is 11.0 Å². The van der Waals surface area contributed by atoms with E-state index in [9.17, 15) is 13.2 Å². The molecule has 0 saturated carbocycles. The molecule has 1 fully saturated rings. The van der Waals surface area contributed by atoms with Crippen molar-refractivity contribution in [2.24, 2.45) is 0 Å². The van der Waals surface area contributed by atoms with Crippen LogP contribution in [0.1, 0.15) is 23.0 Å². The summed E-state index contributed by atoms with van der Waals surface area (Å²) >= 11 is 0. The zero-order chi connectivity index (χ0) is 16.6. The smallest absolute Gasteiger partial charge is 0.290 e. The van der Waals surface area contributed by atoms with Crippen LogP contribution in [0.3, 0.4) is 0 Å². The fourth-order valence-corrected chi connectivity index (χ4v) is 3.76. The highest BCUT2D eigenvalue weighted by Crippen LogP contribution is 2.29. The van der Waals surface area contributed by atoms with Gasteiger partial charge in [-0.1, -0.05) is 18.2 Å². The number of sulfone groups is 1. The van der Waals surface area contributed by atoms with Gasteiger partial charge in [-0.15, -0.1) is 0 Å². The van der Waals surface area contributed by atoms with Gasteiger partial charge in [0.25, 0.3) is 5.91 Å². The Labute approximate surface area is 135 Å². The van der Waals surface area contributed by atoms with E-state index in [2.05, 4.69) is 5.32 Å². The molecule has 3 rings (SSSR count). The summed E-state index contributed by atoms with van der Waals surface area (Å²) in [4.78, 5) is 14.6. The summed E-state index contributed by atoms with van der Waals surface area (Å²) in [6.45, 7) is 3.98. The third-order valence-corrected chi connectivity index (χ3v) is 4.87. The fraction of sp³-hybridized carbons (Fsp3) is 0.438. The molecule has 7 heteroatoms. The third-order valence-electron chi connectivity index (χ3n) is 4.06. The molecule has 1 aromatic carbocycles. The van der Waals surface area contributed by atoms with E-state index in [-0.39, 0.29) is 23.5 Å². The van der Waals surface area contributed by atoms with Crippen molar-refractivity contribution in [2.75, 3.05) is 25.9 Å². The van der Waals surface area contributed by atoms with Gasteiger partial charge in [-0.25, -0.2) is 8.42 Å². The summed E-state index contributed by atoms with van der Waals surface area (Å²) in [6.07, 6.45) is 1.16. The Hall–Kier alpha value is -1.86. The van der Waals surface area contributed by atoms with Crippen molar-refractivity contribution in [3.63, 3.8) is 0 Å². The number of benzene rings is 1. The molecule has 1 saturated heterocycles. The van der Waals surface area contributed by atoms with E-state index in [0.29, 0.717) is 29.6 Å². The highest BCUT2D eigenvalue weighted by atomic mass is 32.2. The second-order valence-electron chi connectivity index (χ2n) is 6.03. The lowest BCUT2D eigenvalue weighted by molar-refractivity contribution is 0.0624. The third kappa shape index (κ3) is 3.25. The molecule has 0 unspecified atom stereocenters. The van der Waals surface area contributed by atoms with E-state index < -0.39 is 9.84 Å². The maximum absolute atomic E-state index is 12.9. The molecule has 0 bridgehead atoms. The first kappa shape index (κ1) is 16.0. The molecule has 1 amide bonds. The summed E-state index contributed by atoms with van der Waals surface area (Å²) in [6, 6.07) is 7.19. The molecule has 0 spiro atoms. The number of carbonyl (C=O) groups excluding carboxylic acids is 1. The van der Waals surface area contributed by atoms with Gasteiger partial charge in [-0.3, -0.25) is 4.79 Å². The first-order chi connectivity index (χ1) is 10.9. The lowest BCUT2D eigenvalue weighted by Gasteiger charge is -2.33. The molecule has 1 N–H and O–H groups in total. The molecule has 1 aromatic heterocycles.